The summed E-state index contributed by atoms with van der Waals surface area (Å²) < 4.78 is 13.4. The van der Waals surface area contributed by atoms with E-state index in [4.69, 9.17) is 31.2 Å². The first kappa shape index (κ1) is 37.4. The number of aromatic nitrogens is 3. The monoisotopic (exact) mass is 724 g/mol. The predicted molar refractivity (Wildman–Crippen MR) is 200 cm³/mol. The Kier molecular flexibility index (Phi) is 12.6. The van der Waals surface area contributed by atoms with Gasteiger partial charge in [-0.1, -0.05) is 30.9 Å². The van der Waals surface area contributed by atoms with Crippen molar-refractivity contribution >= 4 is 51.9 Å². The van der Waals surface area contributed by atoms with Gasteiger partial charge in [0.15, 0.2) is 11.7 Å². The molecule has 1 aromatic carbocycles. The molecule has 2 atom stereocenters. The van der Waals surface area contributed by atoms with E-state index in [1.165, 1.54) is 25.6 Å². The third-order valence-electron chi connectivity index (χ3n) is 10.1. The van der Waals surface area contributed by atoms with Gasteiger partial charge in [0.1, 0.15) is 17.4 Å². The molecule has 2 unspecified atom stereocenters. The number of rotatable bonds is 10. The number of benzene rings is 1. The summed E-state index contributed by atoms with van der Waals surface area (Å²) in [5, 5.41) is 7.93. The lowest BCUT2D eigenvalue weighted by atomic mass is 9.75. The molecular weight excluding hydrogens is 679 g/mol. The standard InChI is InChI=1S/C35H39ClN6O4.CH3Cl.CH4O/c1-39(2)28-18-40(19-28)32-11-8-26(15-37-32)42-17-24(20-43)34(44)29-9-7-25(14-31(29)42)41-16-23(22-5-4-6-22)13-27(41)21-46-35-30(36)10-12-33(38-35)45-3;2*1-2/h7-12,14-15,17,20,22-23,27-28H,4-6,13,16,18-19,21H2,1-3H3;1H3;2H,1H3. The van der Waals surface area contributed by atoms with Gasteiger partial charge in [-0.3, -0.25) is 9.59 Å². The number of pyridine rings is 3. The number of carbonyl (C=O) groups excluding carboxylic acids is 1. The first-order chi connectivity index (χ1) is 24.3. The van der Waals surface area contributed by atoms with Gasteiger partial charge >= 0.3 is 0 Å². The molecule has 268 valence electrons. The van der Waals surface area contributed by atoms with Gasteiger partial charge in [0, 0.05) is 62.5 Å². The number of hydrogen-bond acceptors (Lipinski definition) is 10. The number of halogens is 2. The van der Waals surface area contributed by atoms with Gasteiger partial charge in [-0.2, -0.15) is 4.98 Å². The number of hydrogen-bond donors (Lipinski definition) is 1. The van der Waals surface area contributed by atoms with Crippen LogP contribution in [0.25, 0.3) is 16.6 Å². The second-order valence-electron chi connectivity index (χ2n) is 12.9. The van der Waals surface area contributed by atoms with Crippen LogP contribution in [-0.2, 0) is 0 Å². The minimum atomic E-state index is -0.278. The lowest BCUT2D eigenvalue weighted by Gasteiger charge is -2.43. The maximum atomic E-state index is 13.3. The largest absolute Gasteiger partial charge is 0.481 e. The Balaban J connectivity index is 0.00000117. The average Bonchev–Trinajstić information content (AvgIpc) is 3.51. The maximum absolute atomic E-state index is 13.3. The van der Waals surface area contributed by atoms with E-state index in [9.17, 15) is 9.59 Å². The van der Waals surface area contributed by atoms with Gasteiger partial charge in [-0.15, -0.1) is 11.6 Å². The molecular formula is C37H46Cl2N6O5. The highest BCUT2D eigenvalue weighted by Crippen LogP contribution is 2.42. The third kappa shape index (κ3) is 7.71. The summed E-state index contributed by atoms with van der Waals surface area (Å²) in [4.78, 5) is 41.3. The topological polar surface area (TPSA) is 113 Å². The van der Waals surface area contributed by atoms with Crippen molar-refractivity contribution in [2.24, 2.45) is 11.8 Å². The Hall–Kier alpha value is -3.90. The highest BCUT2D eigenvalue weighted by Gasteiger charge is 2.39. The number of likely N-dealkylation sites (N-methyl/N-ethyl adjacent to an activating group) is 1. The van der Waals surface area contributed by atoms with Gasteiger partial charge in [0.2, 0.25) is 11.8 Å². The van der Waals surface area contributed by atoms with Crippen molar-refractivity contribution in [2.75, 3.05) is 70.7 Å². The predicted octanol–water partition coefficient (Wildman–Crippen LogP) is 5.54. The van der Waals surface area contributed by atoms with E-state index in [1.807, 2.05) is 35.0 Å². The summed E-state index contributed by atoms with van der Waals surface area (Å²) in [6.45, 7) is 3.18. The van der Waals surface area contributed by atoms with Crippen LogP contribution in [0, 0.1) is 11.8 Å². The molecule has 13 heteroatoms. The maximum Gasteiger partial charge on any atom is 0.235 e. The van der Waals surface area contributed by atoms with Crippen LogP contribution in [0.5, 0.6) is 11.8 Å². The zero-order valence-corrected chi connectivity index (χ0v) is 30.8. The van der Waals surface area contributed by atoms with E-state index < -0.39 is 0 Å². The van der Waals surface area contributed by atoms with E-state index in [0.29, 0.717) is 52.9 Å². The van der Waals surface area contributed by atoms with Crippen molar-refractivity contribution < 1.29 is 19.4 Å². The molecule has 3 aliphatic rings. The number of aliphatic hydroxyl groups is 1. The molecule has 2 saturated heterocycles. The van der Waals surface area contributed by atoms with Crippen molar-refractivity contribution in [2.45, 2.75) is 37.8 Å². The van der Waals surface area contributed by atoms with E-state index in [1.54, 1.807) is 25.4 Å². The van der Waals surface area contributed by atoms with E-state index in [2.05, 4.69) is 51.4 Å². The van der Waals surface area contributed by atoms with Crippen LogP contribution in [0.3, 0.4) is 0 Å². The fourth-order valence-electron chi connectivity index (χ4n) is 6.96. The van der Waals surface area contributed by atoms with Crippen molar-refractivity contribution in [3.05, 3.63) is 75.7 Å². The molecule has 1 saturated carbocycles. The lowest BCUT2D eigenvalue weighted by Crippen LogP contribution is -2.57. The summed E-state index contributed by atoms with van der Waals surface area (Å²) in [5.41, 5.74) is 2.34. The molecule has 50 heavy (non-hydrogen) atoms. The molecule has 0 bridgehead atoms. The molecule has 1 N–H and O–H groups in total. The summed E-state index contributed by atoms with van der Waals surface area (Å²) in [6.07, 6.45) is 10.3. The Morgan fingerprint density at radius 2 is 1.76 bits per heavy atom. The van der Waals surface area contributed by atoms with Crippen LogP contribution in [0.2, 0.25) is 5.02 Å². The highest BCUT2D eigenvalue weighted by atomic mass is 35.5. The molecule has 0 spiro atoms. The average molecular weight is 726 g/mol. The van der Waals surface area contributed by atoms with Crippen LogP contribution < -0.4 is 24.7 Å². The number of anilines is 2. The number of fused-ring (bicyclic) bond motifs is 1. The molecule has 2 aliphatic heterocycles. The Bertz CT molecular complexity index is 1810. The van der Waals surface area contributed by atoms with E-state index >= 15 is 0 Å². The van der Waals surface area contributed by atoms with Gasteiger partial charge in [0.25, 0.3) is 0 Å². The molecule has 3 aromatic heterocycles. The van der Waals surface area contributed by atoms with Gasteiger partial charge in [-0.05, 0) is 68.8 Å². The van der Waals surface area contributed by atoms with Crippen molar-refractivity contribution in [3.63, 3.8) is 0 Å². The van der Waals surface area contributed by atoms with Gasteiger partial charge in [-0.25, -0.2) is 4.98 Å². The number of nitrogens with zero attached hydrogens (tertiary/aromatic N) is 6. The summed E-state index contributed by atoms with van der Waals surface area (Å²) in [5.74, 6) is 2.98. The SMILES string of the molecule is CCl.CO.COc1ccc(Cl)c(OCC2CC(C3CCC3)CN2c2ccc3c(=O)c(C=O)cn(-c4ccc(N5CC(N(C)C)C5)nc4)c3c2)n1. The van der Waals surface area contributed by atoms with Crippen molar-refractivity contribution in [1.82, 2.24) is 19.4 Å². The fourth-order valence-corrected chi connectivity index (χ4v) is 7.12. The molecule has 0 radical (unpaired) electrons. The van der Waals surface area contributed by atoms with E-state index in [0.717, 1.165) is 55.9 Å². The molecule has 11 nitrogen and oxygen atoms in total. The summed E-state index contributed by atoms with van der Waals surface area (Å²) >= 11 is 11.1. The number of aliphatic hydroxyl groups excluding tert-OH is 1. The zero-order chi connectivity index (χ0) is 35.9. The van der Waals surface area contributed by atoms with Crippen LogP contribution in [0.1, 0.15) is 36.0 Å². The first-order valence-corrected chi connectivity index (χ1v) is 17.9. The molecule has 1 aliphatic carbocycles. The zero-order valence-electron chi connectivity index (χ0n) is 29.3. The van der Waals surface area contributed by atoms with Crippen LogP contribution in [0.4, 0.5) is 11.5 Å². The second kappa shape index (κ2) is 16.9. The second-order valence-corrected chi connectivity index (χ2v) is 13.4. The molecule has 7 rings (SSSR count). The number of methoxy groups -OCH3 is 1. The highest BCUT2D eigenvalue weighted by molar-refractivity contribution is 6.31. The molecule has 0 amide bonds. The van der Waals surface area contributed by atoms with Crippen molar-refractivity contribution in [1.29, 1.82) is 0 Å². The molecule has 4 aromatic rings. The molecule has 5 heterocycles. The minimum Gasteiger partial charge on any atom is -0.481 e. The van der Waals surface area contributed by atoms with Crippen LogP contribution in [-0.4, -0.2) is 104 Å². The number of carbonyl (C=O) groups is 1. The first-order valence-electron chi connectivity index (χ1n) is 16.8. The lowest BCUT2D eigenvalue weighted by molar-refractivity contribution is 0.112. The quantitative estimate of drug-likeness (QED) is 0.165. The molecule has 3 fully saturated rings. The Labute approximate surface area is 303 Å². The number of alkyl halides is 1. The van der Waals surface area contributed by atoms with Gasteiger partial charge < -0.3 is 33.8 Å². The van der Waals surface area contributed by atoms with Gasteiger partial charge in [0.05, 0.1) is 36.1 Å². The van der Waals surface area contributed by atoms with Crippen molar-refractivity contribution in [3.8, 4) is 17.4 Å². The number of aldehydes is 1. The summed E-state index contributed by atoms with van der Waals surface area (Å²) in [6, 6.07) is 13.9. The summed E-state index contributed by atoms with van der Waals surface area (Å²) in [7, 11) is 6.75. The minimum absolute atomic E-state index is 0.0880. The normalized spacial score (nSPS) is 18.8. The third-order valence-corrected chi connectivity index (χ3v) is 10.4. The number of ether oxygens (including phenoxy) is 2. The Morgan fingerprint density at radius 1 is 1.02 bits per heavy atom. The Morgan fingerprint density at radius 3 is 2.38 bits per heavy atom. The fraction of sp³-hybridized carbons (Fsp3) is 0.459. The van der Waals surface area contributed by atoms with E-state index in [-0.39, 0.29) is 17.0 Å². The smallest absolute Gasteiger partial charge is 0.235 e. The van der Waals surface area contributed by atoms with Crippen LogP contribution >= 0.6 is 23.2 Å². The van der Waals surface area contributed by atoms with Crippen LogP contribution in [0.15, 0.2) is 59.7 Å².